The van der Waals surface area contributed by atoms with Crippen molar-refractivity contribution in [2.75, 3.05) is 6.61 Å². The number of para-hydroxylation sites is 1. The molecule has 0 bridgehead atoms. The van der Waals surface area contributed by atoms with Gasteiger partial charge in [0.15, 0.2) is 6.23 Å². The molecule has 3 atom stereocenters. The first-order chi connectivity index (χ1) is 15.9. The SMILES string of the molecule is C1=C[C@H](n2ccc3ccccc32)O[C@H](COCc2ccccc2)[C@@H]1OCc1ccccc1. The molecule has 0 aliphatic carbocycles. The Bertz CT molecular complexity index is 1150. The maximum Gasteiger partial charge on any atom is 0.153 e. The van der Waals surface area contributed by atoms with Gasteiger partial charge in [-0.1, -0.05) is 84.9 Å². The molecule has 4 aromatic rings. The molecule has 32 heavy (non-hydrogen) atoms. The first-order valence-electron chi connectivity index (χ1n) is 11.0. The fourth-order valence-corrected chi connectivity index (χ4v) is 4.05. The first kappa shape index (κ1) is 20.7. The van der Waals surface area contributed by atoms with E-state index in [0.29, 0.717) is 19.8 Å². The Kier molecular flexibility index (Phi) is 6.45. The fourth-order valence-electron chi connectivity index (χ4n) is 4.05. The number of rotatable bonds is 8. The molecule has 162 valence electrons. The molecule has 4 heteroatoms. The van der Waals surface area contributed by atoms with Gasteiger partial charge in [-0.05, 0) is 34.7 Å². The third-order valence-electron chi connectivity index (χ3n) is 5.73. The van der Waals surface area contributed by atoms with Crippen molar-refractivity contribution in [1.29, 1.82) is 0 Å². The number of hydrogen-bond acceptors (Lipinski definition) is 3. The molecule has 0 N–H and O–H groups in total. The molecule has 3 aromatic carbocycles. The fraction of sp³-hybridized carbons (Fsp3) is 0.214. The summed E-state index contributed by atoms with van der Waals surface area (Å²) in [5.74, 6) is 0. The Labute approximate surface area is 188 Å². The van der Waals surface area contributed by atoms with Crippen molar-refractivity contribution in [3.8, 4) is 0 Å². The first-order valence-corrected chi connectivity index (χ1v) is 11.0. The highest BCUT2D eigenvalue weighted by Gasteiger charge is 2.29. The van der Waals surface area contributed by atoms with Crippen LogP contribution < -0.4 is 0 Å². The van der Waals surface area contributed by atoms with Crippen molar-refractivity contribution in [3.63, 3.8) is 0 Å². The van der Waals surface area contributed by atoms with Gasteiger partial charge in [0, 0.05) is 6.20 Å². The van der Waals surface area contributed by atoms with Crippen LogP contribution in [0.4, 0.5) is 0 Å². The molecule has 5 rings (SSSR count). The normalized spacial score (nSPS) is 20.6. The maximum absolute atomic E-state index is 6.50. The van der Waals surface area contributed by atoms with Gasteiger partial charge in [-0.2, -0.15) is 0 Å². The quantitative estimate of drug-likeness (QED) is 0.330. The number of ether oxygens (including phenoxy) is 3. The molecule has 1 aliphatic rings. The van der Waals surface area contributed by atoms with E-state index in [1.54, 1.807) is 0 Å². The molecule has 0 unspecified atom stereocenters. The summed E-state index contributed by atoms with van der Waals surface area (Å²) in [6.07, 6.45) is 5.68. The second-order valence-corrected chi connectivity index (χ2v) is 7.99. The highest BCUT2D eigenvalue weighted by Crippen LogP contribution is 2.28. The van der Waals surface area contributed by atoms with Crippen molar-refractivity contribution >= 4 is 10.9 Å². The second kappa shape index (κ2) is 9.96. The topological polar surface area (TPSA) is 32.6 Å². The van der Waals surface area contributed by atoms with Crippen molar-refractivity contribution in [1.82, 2.24) is 4.57 Å². The predicted molar refractivity (Wildman–Crippen MR) is 126 cm³/mol. The number of aromatic nitrogens is 1. The van der Waals surface area contributed by atoms with Crippen LogP contribution in [0, 0.1) is 0 Å². The predicted octanol–water partition coefficient (Wildman–Crippen LogP) is 5.90. The molecule has 4 nitrogen and oxygen atoms in total. The zero-order chi connectivity index (χ0) is 21.6. The molecule has 2 heterocycles. The molecule has 0 amide bonds. The molecule has 0 spiro atoms. The van der Waals surface area contributed by atoms with Crippen molar-refractivity contribution < 1.29 is 14.2 Å². The monoisotopic (exact) mass is 425 g/mol. The second-order valence-electron chi connectivity index (χ2n) is 7.99. The van der Waals surface area contributed by atoms with Crippen molar-refractivity contribution in [2.24, 2.45) is 0 Å². The number of fused-ring (bicyclic) bond motifs is 1. The number of nitrogens with zero attached hydrogens (tertiary/aromatic N) is 1. The molecule has 0 radical (unpaired) electrons. The standard InChI is InChI=1S/C28H27NO3/c1-3-9-22(10-4-1)19-30-21-27-26(31-20-23-11-5-2-6-12-23)15-16-28(32-27)29-18-17-24-13-7-8-14-25(24)29/h1-18,26-28H,19-21H2/t26-,27-,28-/m1/s1. The summed E-state index contributed by atoms with van der Waals surface area (Å²) in [6.45, 7) is 1.53. The van der Waals surface area contributed by atoms with Crippen LogP contribution in [0.5, 0.6) is 0 Å². The van der Waals surface area contributed by atoms with Crippen LogP contribution in [0.15, 0.2) is 109 Å². The van der Waals surface area contributed by atoms with Gasteiger partial charge in [0.1, 0.15) is 12.2 Å². The zero-order valence-corrected chi connectivity index (χ0v) is 17.9. The van der Waals surface area contributed by atoms with Crippen LogP contribution in [-0.2, 0) is 27.4 Å². The van der Waals surface area contributed by atoms with Gasteiger partial charge in [0.2, 0.25) is 0 Å². The average molecular weight is 426 g/mol. The molecule has 0 fully saturated rings. The lowest BCUT2D eigenvalue weighted by molar-refractivity contribution is -0.135. The van der Waals surface area contributed by atoms with E-state index in [9.17, 15) is 0 Å². The highest BCUT2D eigenvalue weighted by molar-refractivity contribution is 5.80. The Morgan fingerprint density at radius 2 is 1.41 bits per heavy atom. The molecule has 1 aliphatic heterocycles. The minimum Gasteiger partial charge on any atom is -0.374 e. The van der Waals surface area contributed by atoms with Gasteiger partial charge >= 0.3 is 0 Å². The smallest absolute Gasteiger partial charge is 0.153 e. The zero-order valence-electron chi connectivity index (χ0n) is 17.9. The summed E-state index contributed by atoms with van der Waals surface area (Å²) in [5, 5.41) is 1.20. The largest absolute Gasteiger partial charge is 0.374 e. The van der Waals surface area contributed by atoms with E-state index in [1.165, 1.54) is 5.39 Å². The summed E-state index contributed by atoms with van der Waals surface area (Å²) in [5.41, 5.74) is 3.44. The molecular formula is C28H27NO3. The number of hydrogen-bond donors (Lipinski definition) is 0. The Balaban J connectivity index is 1.31. The minimum atomic E-state index is -0.210. The summed E-state index contributed by atoms with van der Waals surface area (Å²) in [7, 11) is 0. The Morgan fingerprint density at radius 3 is 2.19 bits per heavy atom. The lowest BCUT2D eigenvalue weighted by atomic mass is 10.1. The van der Waals surface area contributed by atoms with E-state index >= 15 is 0 Å². The molecule has 0 saturated heterocycles. The third-order valence-corrected chi connectivity index (χ3v) is 5.73. The van der Waals surface area contributed by atoms with Crippen LogP contribution >= 0.6 is 0 Å². The maximum atomic E-state index is 6.50. The average Bonchev–Trinajstić information content (AvgIpc) is 3.29. The summed E-state index contributed by atoms with van der Waals surface area (Å²) in [4.78, 5) is 0. The van der Waals surface area contributed by atoms with Gasteiger partial charge in [0.05, 0.1) is 25.3 Å². The van der Waals surface area contributed by atoms with Gasteiger partial charge in [0.25, 0.3) is 0 Å². The van der Waals surface area contributed by atoms with Gasteiger partial charge in [-0.3, -0.25) is 0 Å². The van der Waals surface area contributed by atoms with Crippen molar-refractivity contribution in [3.05, 3.63) is 120 Å². The molecule has 1 aromatic heterocycles. The molecule has 0 saturated carbocycles. The van der Waals surface area contributed by atoms with Gasteiger partial charge in [-0.15, -0.1) is 0 Å². The lowest BCUT2D eigenvalue weighted by Gasteiger charge is -2.33. The van der Waals surface area contributed by atoms with E-state index in [4.69, 9.17) is 14.2 Å². The minimum absolute atomic E-state index is 0.177. The highest BCUT2D eigenvalue weighted by atomic mass is 16.6. The van der Waals surface area contributed by atoms with E-state index in [-0.39, 0.29) is 18.4 Å². The van der Waals surface area contributed by atoms with E-state index in [2.05, 4.69) is 77.5 Å². The van der Waals surface area contributed by atoms with Crippen molar-refractivity contribution in [2.45, 2.75) is 31.6 Å². The summed E-state index contributed by atoms with van der Waals surface area (Å²) in [6, 6.07) is 30.9. The summed E-state index contributed by atoms with van der Waals surface area (Å²) >= 11 is 0. The molecular weight excluding hydrogens is 398 g/mol. The van der Waals surface area contributed by atoms with Crippen LogP contribution in [0.2, 0.25) is 0 Å². The van der Waals surface area contributed by atoms with Crippen LogP contribution in [0.3, 0.4) is 0 Å². The number of benzene rings is 3. The summed E-state index contributed by atoms with van der Waals surface area (Å²) < 4.78 is 20.9. The van der Waals surface area contributed by atoms with Crippen LogP contribution in [0.1, 0.15) is 17.4 Å². The van der Waals surface area contributed by atoms with Gasteiger partial charge in [-0.25, -0.2) is 0 Å². The Morgan fingerprint density at radius 1 is 0.719 bits per heavy atom. The van der Waals surface area contributed by atoms with E-state index in [1.807, 2.05) is 36.4 Å². The lowest BCUT2D eigenvalue weighted by Crippen LogP contribution is -2.39. The third kappa shape index (κ3) is 4.83. The van der Waals surface area contributed by atoms with E-state index in [0.717, 1.165) is 16.6 Å². The van der Waals surface area contributed by atoms with Crippen LogP contribution in [0.25, 0.3) is 10.9 Å². The van der Waals surface area contributed by atoms with E-state index < -0.39 is 0 Å². The van der Waals surface area contributed by atoms with Gasteiger partial charge < -0.3 is 18.8 Å². The van der Waals surface area contributed by atoms with Crippen LogP contribution in [-0.4, -0.2) is 23.4 Å². The Hall–Kier alpha value is -3.18.